The summed E-state index contributed by atoms with van der Waals surface area (Å²) >= 11 is 3.40. The summed E-state index contributed by atoms with van der Waals surface area (Å²) in [7, 11) is 0. The van der Waals surface area contributed by atoms with Crippen LogP contribution in [0.5, 0.6) is 0 Å². The van der Waals surface area contributed by atoms with Crippen LogP contribution in [0.2, 0.25) is 0 Å². The third-order valence-corrected chi connectivity index (χ3v) is 4.17. The fraction of sp³-hybridized carbons (Fsp3) is 0.167. The summed E-state index contributed by atoms with van der Waals surface area (Å²) in [6.45, 7) is 2.02. The van der Waals surface area contributed by atoms with E-state index in [-0.39, 0.29) is 12.3 Å². The molecule has 122 valence electrons. The number of carbonyl (C=O) groups excluding carboxylic acids is 1. The quantitative estimate of drug-likeness (QED) is 0.707. The highest BCUT2D eigenvalue weighted by Gasteiger charge is 2.11. The van der Waals surface area contributed by atoms with E-state index in [1.165, 1.54) is 5.56 Å². The Balaban J connectivity index is 1.58. The van der Waals surface area contributed by atoms with E-state index >= 15 is 0 Å². The van der Waals surface area contributed by atoms with Gasteiger partial charge in [0.1, 0.15) is 0 Å². The van der Waals surface area contributed by atoms with E-state index in [9.17, 15) is 4.79 Å². The van der Waals surface area contributed by atoms with Crippen LogP contribution in [-0.2, 0) is 11.2 Å². The Morgan fingerprint density at radius 2 is 1.88 bits per heavy atom. The molecule has 0 unspecified atom stereocenters. The van der Waals surface area contributed by atoms with Gasteiger partial charge in [0.05, 0.1) is 5.69 Å². The second-order valence-electron chi connectivity index (χ2n) is 5.40. The Morgan fingerprint density at radius 3 is 2.62 bits per heavy atom. The number of anilines is 1. The van der Waals surface area contributed by atoms with Crippen molar-refractivity contribution in [3.8, 4) is 11.5 Å². The molecule has 0 radical (unpaired) electrons. The third kappa shape index (κ3) is 4.08. The molecule has 0 spiro atoms. The second-order valence-corrected chi connectivity index (χ2v) is 6.25. The Hall–Kier alpha value is -2.47. The van der Waals surface area contributed by atoms with Crippen molar-refractivity contribution in [1.82, 2.24) is 10.2 Å². The maximum Gasteiger partial charge on any atom is 0.247 e. The van der Waals surface area contributed by atoms with Crippen LogP contribution >= 0.6 is 15.9 Å². The molecule has 1 heterocycles. The first-order valence-corrected chi connectivity index (χ1v) is 8.35. The van der Waals surface area contributed by atoms with Gasteiger partial charge in [0.15, 0.2) is 0 Å². The zero-order valence-electron chi connectivity index (χ0n) is 13.1. The summed E-state index contributed by atoms with van der Waals surface area (Å²) in [5.41, 5.74) is 2.78. The number of nitrogens with zero attached hydrogens (tertiary/aromatic N) is 2. The topological polar surface area (TPSA) is 68.0 Å². The molecule has 0 fully saturated rings. The minimum Gasteiger partial charge on any atom is -0.421 e. The number of benzene rings is 2. The summed E-state index contributed by atoms with van der Waals surface area (Å²) < 4.78 is 6.47. The molecule has 0 aliphatic carbocycles. The van der Waals surface area contributed by atoms with E-state index < -0.39 is 0 Å². The first-order chi connectivity index (χ1) is 11.6. The van der Waals surface area contributed by atoms with Crippen molar-refractivity contribution in [3.05, 3.63) is 64.5 Å². The number of rotatable bonds is 5. The molecule has 6 heteroatoms. The number of hydrogen-bond donors (Lipinski definition) is 1. The molecule has 1 N–H and O–H groups in total. The highest BCUT2D eigenvalue weighted by atomic mass is 79.9. The molecule has 0 bridgehead atoms. The Bertz CT molecular complexity index is 843. The van der Waals surface area contributed by atoms with Crippen LogP contribution in [0.4, 0.5) is 5.69 Å². The van der Waals surface area contributed by atoms with Crippen LogP contribution in [0.25, 0.3) is 11.5 Å². The van der Waals surface area contributed by atoms with E-state index in [4.69, 9.17) is 4.42 Å². The number of hydrogen-bond acceptors (Lipinski definition) is 4. The Kier molecular flexibility index (Phi) is 5.05. The molecule has 0 atom stereocenters. The van der Waals surface area contributed by atoms with Crippen LogP contribution in [0.1, 0.15) is 17.9 Å². The number of nitrogens with one attached hydrogen (secondary N) is 1. The third-order valence-electron chi connectivity index (χ3n) is 3.48. The minimum absolute atomic E-state index is 0.100. The normalized spacial score (nSPS) is 10.6. The number of aryl methyl sites for hydroxylation is 2. The minimum atomic E-state index is -0.100. The summed E-state index contributed by atoms with van der Waals surface area (Å²) in [6.07, 6.45) is 0.673. The van der Waals surface area contributed by atoms with Crippen LogP contribution in [0.15, 0.2) is 57.4 Å². The molecule has 0 aliphatic rings. The Morgan fingerprint density at radius 1 is 1.12 bits per heavy atom. The van der Waals surface area contributed by atoms with E-state index in [1.54, 1.807) is 0 Å². The fourth-order valence-electron chi connectivity index (χ4n) is 2.16. The molecule has 5 nitrogen and oxygen atoms in total. The number of amides is 1. The molecule has 3 aromatic rings. The predicted molar refractivity (Wildman–Crippen MR) is 95.6 cm³/mol. The molecule has 1 aromatic heterocycles. The number of carbonyl (C=O) groups is 1. The van der Waals surface area contributed by atoms with Crippen molar-refractivity contribution >= 4 is 27.5 Å². The van der Waals surface area contributed by atoms with Gasteiger partial charge < -0.3 is 9.73 Å². The lowest BCUT2D eigenvalue weighted by molar-refractivity contribution is -0.116. The van der Waals surface area contributed by atoms with Gasteiger partial charge in [0.2, 0.25) is 17.7 Å². The summed E-state index contributed by atoms with van der Waals surface area (Å²) in [5.74, 6) is 0.820. The zero-order valence-corrected chi connectivity index (χ0v) is 14.7. The van der Waals surface area contributed by atoms with Gasteiger partial charge >= 0.3 is 0 Å². The van der Waals surface area contributed by atoms with Crippen molar-refractivity contribution in [2.45, 2.75) is 19.8 Å². The average molecular weight is 386 g/mol. The van der Waals surface area contributed by atoms with Crippen LogP contribution in [0, 0.1) is 6.92 Å². The average Bonchev–Trinajstić information content (AvgIpc) is 3.05. The molecular weight excluding hydrogens is 370 g/mol. The molecule has 1 amide bonds. The summed E-state index contributed by atoms with van der Waals surface area (Å²) in [6, 6.07) is 15.3. The van der Waals surface area contributed by atoms with Crippen molar-refractivity contribution in [1.29, 1.82) is 0 Å². The smallest absolute Gasteiger partial charge is 0.247 e. The van der Waals surface area contributed by atoms with E-state index in [0.29, 0.717) is 18.2 Å². The van der Waals surface area contributed by atoms with Crippen LogP contribution in [0.3, 0.4) is 0 Å². The molecule has 0 aliphatic heterocycles. The molecular formula is C18H16BrN3O2. The SMILES string of the molecule is Cc1ccc(-c2nnc(CCC(=O)Nc3ccccc3Br)o2)cc1. The number of halogens is 1. The van der Waals surface area contributed by atoms with Gasteiger partial charge in [-0.25, -0.2) is 0 Å². The van der Waals surface area contributed by atoms with Gasteiger partial charge in [-0.3, -0.25) is 4.79 Å². The van der Waals surface area contributed by atoms with E-state index in [1.807, 2.05) is 55.5 Å². The van der Waals surface area contributed by atoms with Crippen molar-refractivity contribution in [2.24, 2.45) is 0 Å². The molecule has 2 aromatic carbocycles. The molecule has 0 saturated carbocycles. The summed E-state index contributed by atoms with van der Waals surface area (Å²) in [4.78, 5) is 12.0. The maximum atomic E-state index is 12.0. The lowest BCUT2D eigenvalue weighted by Crippen LogP contribution is -2.12. The van der Waals surface area contributed by atoms with Gasteiger partial charge in [-0.05, 0) is 47.1 Å². The second kappa shape index (κ2) is 7.40. The van der Waals surface area contributed by atoms with Gasteiger partial charge in [-0.1, -0.05) is 29.8 Å². The lowest BCUT2D eigenvalue weighted by Gasteiger charge is -2.05. The van der Waals surface area contributed by atoms with Crippen molar-refractivity contribution in [2.75, 3.05) is 5.32 Å². The standard InChI is InChI=1S/C18H16BrN3O2/c1-12-6-8-13(9-7-12)18-22-21-17(24-18)11-10-16(23)20-15-5-3-2-4-14(15)19/h2-9H,10-11H2,1H3,(H,20,23). The number of aromatic nitrogens is 2. The predicted octanol–water partition coefficient (Wildman–Crippen LogP) is 4.38. The van der Waals surface area contributed by atoms with E-state index in [0.717, 1.165) is 15.7 Å². The number of para-hydroxylation sites is 1. The fourth-order valence-corrected chi connectivity index (χ4v) is 2.55. The van der Waals surface area contributed by atoms with Crippen LogP contribution in [-0.4, -0.2) is 16.1 Å². The van der Waals surface area contributed by atoms with E-state index in [2.05, 4.69) is 31.4 Å². The van der Waals surface area contributed by atoms with Gasteiger partial charge in [-0.2, -0.15) is 0 Å². The largest absolute Gasteiger partial charge is 0.421 e. The van der Waals surface area contributed by atoms with Crippen molar-refractivity contribution in [3.63, 3.8) is 0 Å². The van der Waals surface area contributed by atoms with Gasteiger partial charge in [0.25, 0.3) is 0 Å². The van der Waals surface area contributed by atoms with Crippen LogP contribution < -0.4 is 5.32 Å². The molecule has 0 saturated heterocycles. The van der Waals surface area contributed by atoms with Gasteiger partial charge in [0, 0.05) is 22.9 Å². The molecule has 3 rings (SSSR count). The highest BCUT2D eigenvalue weighted by molar-refractivity contribution is 9.10. The van der Waals surface area contributed by atoms with Gasteiger partial charge in [-0.15, -0.1) is 10.2 Å². The maximum absolute atomic E-state index is 12.0. The molecule has 24 heavy (non-hydrogen) atoms. The zero-order chi connectivity index (χ0) is 16.9. The lowest BCUT2D eigenvalue weighted by atomic mass is 10.1. The first-order valence-electron chi connectivity index (χ1n) is 7.55. The first kappa shape index (κ1) is 16.4. The van der Waals surface area contributed by atoms with Crippen molar-refractivity contribution < 1.29 is 9.21 Å². The monoisotopic (exact) mass is 385 g/mol. The highest BCUT2D eigenvalue weighted by Crippen LogP contribution is 2.22. The Labute approximate surface area is 148 Å². The summed E-state index contributed by atoms with van der Waals surface area (Å²) in [5, 5.41) is 10.9.